The van der Waals surface area contributed by atoms with Crippen LogP contribution in [0.2, 0.25) is 0 Å². The smallest absolute Gasteiger partial charge is 0.335 e. The van der Waals surface area contributed by atoms with Crippen LogP contribution in [0.15, 0.2) is 289 Å². The Bertz CT molecular complexity index is 6880. The molecule has 8 aromatic carbocycles. The van der Waals surface area contributed by atoms with Crippen LogP contribution in [-0.2, 0) is 72.2 Å². The highest BCUT2D eigenvalue weighted by atomic mass is 32.1. The van der Waals surface area contributed by atoms with Crippen molar-refractivity contribution in [1.82, 2.24) is 39.9 Å². The first-order valence-corrected chi connectivity index (χ1v) is 47.6. The molecule has 135 heavy (non-hydrogen) atoms. The van der Waals surface area contributed by atoms with E-state index in [-0.39, 0.29) is 24.8 Å². The van der Waals surface area contributed by atoms with Gasteiger partial charge in [-0.1, -0.05) is 246 Å². The van der Waals surface area contributed by atoms with E-state index in [0.29, 0.717) is 36.1 Å². The molecule has 0 fully saturated rings. The molecule has 24 heteroatoms. The number of thiophene rings is 4. The standard InChI is InChI=1S/C29H27N3O2S.C28H25N3O2S.2C27H25N3O2S/c1-3-8-24-25(4-2)31-29(26-17-22(19-35-26)12-11-20-9-6-5-7-10-20)32-28(24)30-23-15-13-21(14-16-23)18-27(33)34;1-3-7-24-19(2)29-28(25-16-22(18-34-25)11-10-20-8-5-4-6-9-20)31-27(24)30-23-14-12-21(13-15-23)17-26(32)33;1-3-23-18(2)28-27(24-15-21(17-33-24)10-9-19-7-5-4-6-8-19)30-26(23)29-22-13-11-20(12-14-22)16-25(31)32;1-3-22-23(4-2)29-26(30-25(22)28-21-14-12-20(13-15-21)27(31)32)24-16-19(17-33-24)11-10-18-8-6-5-7-9-18/h3,5-7,9-17,19H,1,4,8,18H2,2H3,(H,33,34)(H,30,31,32);3-6,8-16,18H,1,7,17H2,2H3,(H,32,33)(H,29,30,31);4-15,17H,3,16H2,1-2H3,(H,31,32)(H,28,29,30);5-17H,3-4H2,1-2H3,(H,31,32)(H,28,29,30)/b12-11+;11-10+;10-9+;11-10+. The summed E-state index contributed by atoms with van der Waals surface area (Å²) in [5.41, 5.74) is 22.9. The Kier molecular flexibility index (Phi) is 34.8. The van der Waals surface area contributed by atoms with E-state index < -0.39 is 23.9 Å². The van der Waals surface area contributed by atoms with E-state index in [1.165, 1.54) is 0 Å². The molecule has 0 saturated heterocycles. The molecule has 8 heterocycles. The number of benzene rings is 8. The second-order valence-corrected chi connectivity index (χ2v) is 34.7. The first kappa shape index (κ1) is 96.9. The molecule has 16 aromatic rings. The van der Waals surface area contributed by atoms with Crippen molar-refractivity contribution < 1.29 is 39.6 Å². The number of aryl methyl sites for hydroxylation is 4. The molecular weight excluding hydrogens is 1760 g/mol. The maximum absolute atomic E-state index is 11.1. The number of hydrogen-bond acceptors (Lipinski definition) is 20. The van der Waals surface area contributed by atoms with Crippen LogP contribution < -0.4 is 21.3 Å². The molecule has 0 aliphatic heterocycles. The third-order valence-corrected chi connectivity index (χ3v) is 25.0. The van der Waals surface area contributed by atoms with Crippen LogP contribution in [-0.4, -0.2) is 84.2 Å². The van der Waals surface area contributed by atoms with Gasteiger partial charge in [-0.05, 0) is 220 Å². The summed E-state index contributed by atoms with van der Waals surface area (Å²) in [6.07, 6.45) is 24.9. The van der Waals surface area contributed by atoms with Crippen molar-refractivity contribution in [2.75, 3.05) is 21.3 Å². The number of hydrogen-bond donors (Lipinski definition) is 8. The van der Waals surface area contributed by atoms with Gasteiger partial charge in [0.15, 0.2) is 23.3 Å². The van der Waals surface area contributed by atoms with E-state index in [1.807, 2.05) is 172 Å². The lowest BCUT2D eigenvalue weighted by Crippen LogP contribution is -2.07. The van der Waals surface area contributed by atoms with Gasteiger partial charge in [-0.15, -0.1) is 58.5 Å². The third-order valence-electron chi connectivity index (χ3n) is 21.2. The van der Waals surface area contributed by atoms with Gasteiger partial charge in [0.1, 0.15) is 23.3 Å². The molecular formula is C111H102N12O8S4. The predicted molar refractivity (Wildman–Crippen MR) is 558 cm³/mol. The van der Waals surface area contributed by atoms with E-state index in [9.17, 15) is 19.2 Å². The van der Waals surface area contributed by atoms with Gasteiger partial charge in [-0.25, -0.2) is 44.7 Å². The predicted octanol–water partition coefficient (Wildman–Crippen LogP) is 27.4. The van der Waals surface area contributed by atoms with Crippen LogP contribution in [0, 0.1) is 13.8 Å². The van der Waals surface area contributed by atoms with Gasteiger partial charge in [-0.3, -0.25) is 14.4 Å². The van der Waals surface area contributed by atoms with Crippen molar-refractivity contribution in [2.45, 2.75) is 99.3 Å². The lowest BCUT2D eigenvalue weighted by atomic mass is 10.1. The number of aliphatic carboxylic acids is 3. The molecule has 16 rings (SSSR count). The summed E-state index contributed by atoms with van der Waals surface area (Å²) in [6.45, 7) is 20.1. The van der Waals surface area contributed by atoms with E-state index in [2.05, 4.69) is 205 Å². The highest BCUT2D eigenvalue weighted by Crippen LogP contribution is 2.37. The summed E-state index contributed by atoms with van der Waals surface area (Å²) < 4.78 is 0. The number of allylic oxidation sites excluding steroid dienone is 2. The van der Waals surface area contributed by atoms with Gasteiger partial charge >= 0.3 is 23.9 Å². The monoisotopic (exact) mass is 1860 g/mol. The van der Waals surface area contributed by atoms with Crippen LogP contribution in [0.5, 0.6) is 0 Å². The molecule has 0 unspecified atom stereocenters. The van der Waals surface area contributed by atoms with Gasteiger partial charge in [0.2, 0.25) is 0 Å². The van der Waals surface area contributed by atoms with Gasteiger partial charge in [0, 0.05) is 67.8 Å². The Morgan fingerprint density at radius 1 is 0.304 bits per heavy atom. The van der Waals surface area contributed by atoms with Gasteiger partial charge in [0.25, 0.3) is 0 Å². The molecule has 0 spiro atoms. The van der Waals surface area contributed by atoms with Crippen molar-refractivity contribution >= 4 is 164 Å². The number of carboxylic acids is 4. The molecule has 0 radical (unpaired) electrons. The van der Waals surface area contributed by atoms with Crippen LogP contribution in [0.1, 0.15) is 144 Å². The maximum atomic E-state index is 11.1. The Labute approximate surface area is 802 Å². The lowest BCUT2D eigenvalue weighted by molar-refractivity contribution is -0.137. The molecule has 20 nitrogen and oxygen atoms in total. The second kappa shape index (κ2) is 48.5. The zero-order valence-corrected chi connectivity index (χ0v) is 78.9. The molecule has 0 aliphatic carbocycles. The van der Waals surface area contributed by atoms with Gasteiger partial charge in [-0.2, -0.15) is 0 Å². The summed E-state index contributed by atoms with van der Waals surface area (Å²) >= 11 is 6.47. The minimum absolute atomic E-state index is 0.000931. The fourth-order valence-electron chi connectivity index (χ4n) is 14.4. The summed E-state index contributed by atoms with van der Waals surface area (Å²) in [5, 5.41) is 58.1. The first-order chi connectivity index (χ1) is 65.6. The van der Waals surface area contributed by atoms with Crippen molar-refractivity contribution in [1.29, 1.82) is 0 Å². The second-order valence-electron chi connectivity index (χ2n) is 31.1. The molecule has 0 atom stereocenters. The first-order valence-electron chi connectivity index (χ1n) is 44.0. The summed E-state index contributed by atoms with van der Waals surface area (Å²) in [5.74, 6) is 2.27. The highest BCUT2D eigenvalue weighted by molar-refractivity contribution is 7.14. The number of carbonyl (C=O) groups is 4. The van der Waals surface area contributed by atoms with Crippen LogP contribution in [0.3, 0.4) is 0 Å². The summed E-state index contributed by atoms with van der Waals surface area (Å²) in [6, 6.07) is 78.1. The molecule has 0 amide bonds. The molecule has 0 aliphatic rings. The van der Waals surface area contributed by atoms with E-state index >= 15 is 0 Å². The minimum atomic E-state index is -0.941. The van der Waals surface area contributed by atoms with Crippen molar-refractivity contribution in [3.8, 4) is 42.8 Å². The topological polar surface area (TPSA) is 300 Å². The molecule has 8 aromatic heterocycles. The molecule has 0 saturated carbocycles. The van der Waals surface area contributed by atoms with Gasteiger partial charge in [0.05, 0.1) is 44.3 Å². The largest absolute Gasteiger partial charge is 0.481 e. The molecule has 678 valence electrons. The Balaban J connectivity index is 0.000000152. The average molecular weight is 1860 g/mol. The Morgan fingerprint density at radius 3 is 0.852 bits per heavy atom. The number of nitrogens with one attached hydrogen (secondary N) is 4. The normalized spacial score (nSPS) is 11.0. The zero-order valence-electron chi connectivity index (χ0n) is 75.6. The summed E-state index contributed by atoms with van der Waals surface area (Å²) in [4.78, 5) is 86.7. The van der Waals surface area contributed by atoms with Crippen molar-refractivity contribution in [3.05, 3.63) is 401 Å². The SMILES string of the molecule is C=CCc1c(C)nc(-c2cc(/C=C/c3ccccc3)cs2)nc1Nc1ccc(CC(=O)O)cc1.C=CCc1c(CC)nc(-c2cc(/C=C/c3ccccc3)cs2)nc1Nc1ccc(CC(=O)O)cc1.CCc1c(C)nc(-c2cc(/C=C/c3ccccc3)cs2)nc1Nc1ccc(CC(=O)O)cc1.CCc1nc(-c2cc(/C=C/c3ccccc3)cs2)nc(Nc2ccc(C(=O)O)cc2)c1CC. The fraction of sp³-hybridized carbons (Fsp3) is 0.135. The van der Waals surface area contributed by atoms with E-state index in [0.717, 1.165) is 197 Å². The van der Waals surface area contributed by atoms with E-state index in [4.69, 9.17) is 60.3 Å². The van der Waals surface area contributed by atoms with Crippen LogP contribution >= 0.6 is 45.3 Å². The van der Waals surface area contributed by atoms with E-state index in [1.54, 1.807) is 69.6 Å². The number of aromatic carboxylic acids is 1. The van der Waals surface area contributed by atoms with Crippen molar-refractivity contribution in [3.63, 3.8) is 0 Å². The molecule has 0 bridgehead atoms. The van der Waals surface area contributed by atoms with Crippen LogP contribution in [0.4, 0.5) is 46.0 Å². The average Bonchev–Trinajstić information content (AvgIpc) is 1.78. The number of nitrogens with zero attached hydrogens (tertiary/aromatic N) is 8. The summed E-state index contributed by atoms with van der Waals surface area (Å²) in [7, 11) is 0. The van der Waals surface area contributed by atoms with Gasteiger partial charge < -0.3 is 41.7 Å². The zero-order chi connectivity index (χ0) is 95.0. The minimum Gasteiger partial charge on any atom is -0.481 e. The maximum Gasteiger partial charge on any atom is 0.335 e. The number of rotatable bonds is 35. The molecule has 8 N–H and O–H groups in total. The number of carboxylic acid groups (broad SMARTS) is 4. The van der Waals surface area contributed by atoms with Crippen molar-refractivity contribution in [2.24, 2.45) is 0 Å². The highest BCUT2D eigenvalue weighted by Gasteiger charge is 2.21. The third kappa shape index (κ3) is 28.2. The van der Waals surface area contributed by atoms with Crippen LogP contribution in [0.25, 0.3) is 91.4 Å². The quantitative estimate of drug-likeness (QED) is 0.0171. The Hall–Kier alpha value is -15.6. The lowest BCUT2D eigenvalue weighted by Gasteiger charge is -2.15. The number of aromatic nitrogens is 8. The fourth-order valence-corrected chi connectivity index (χ4v) is 17.6. The number of anilines is 8. The Morgan fingerprint density at radius 2 is 0.563 bits per heavy atom.